The Kier molecular flexibility index (Phi) is 2.63. The first-order chi connectivity index (χ1) is 8.04. The van der Waals surface area contributed by atoms with Crippen molar-refractivity contribution in [2.75, 3.05) is 6.54 Å². The monoisotopic (exact) mass is 357 g/mol. The van der Waals surface area contributed by atoms with E-state index in [1.54, 1.807) is 0 Å². The van der Waals surface area contributed by atoms with E-state index in [1.807, 2.05) is 23.1 Å². The first kappa shape index (κ1) is 11.7. The van der Waals surface area contributed by atoms with Gasteiger partial charge in [0.1, 0.15) is 0 Å². The number of amides is 1. The van der Waals surface area contributed by atoms with Crippen molar-refractivity contribution in [3.8, 4) is 0 Å². The van der Waals surface area contributed by atoms with Crippen molar-refractivity contribution in [2.45, 2.75) is 28.5 Å². The van der Waals surface area contributed by atoms with Crippen LogP contribution in [0.5, 0.6) is 0 Å². The van der Waals surface area contributed by atoms with E-state index < -0.39 is 0 Å². The van der Waals surface area contributed by atoms with Crippen LogP contribution in [0, 0.1) is 0 Å². The maximum absolute atomic E-state index is 12.4. The average molecular weight is 359 g/mol. The first-order valence-electron chi connectivity index (χ1n) is 5.73. The fourth-order valence-corrected chi connectivity index (χ4v) is 4.23. The average Bonchev–Trinajstić information content (AvgIpc) is 2.52. The van der Waals surface area contributed by atoms with E-state index in [0.29, 0.717) is 9.65 Å². The molecule has 0 N–H and O–H groups in total. The highest BCUT2D eigenvalue weighted by Gasteiger charge is 2.51. The molecule has 1 amide bonds. The van der Waals surface area contributed by atoms with Gasteiger partial charge in [-0.25, -0.2) is 0 Å². The molecule has 1 aromatic rings. The van der Waals surface area contributed by atoms with Gasteiger partial charge in [0.25, 0.3) is 5.91 Å². The second-order valence-corrected chi connectivity index (χ2v) is 7.32. The Balaban J connectivity index is 2.13. The first-order valence-corrected chi connectivity index (χ1v) is 7.57. The van der Waals surface area contributed by atoms with Crippen molar-refractivity contribution in [2.24, 2.45) is 0 Å². The Bertz CT molecular complexity index is 490. The molecular weight excluding hydrogens is 346 g/mol. The van der Waals surface area contributed by atoms with Crippen LogP contribution < -0.4 is 0 Å². The van der Waals surface area contributed by atoms with Gasteiger partial charge in [-0.05, 0) is 25.0 Å². The maximum Gasteiger partial charge on any atom is 0.254 e. The number of benzene rings is 1. The van der Waals surface area contributed by atoms with Gasteiger partial charge in [0.15, 0.2) is 0 Å². The van der Waals surface area contributed by atoms with Gasteiger partial charge >= 0.3 is 0 Å². The van der Waals surface area contributed by atoms with E-state index in [-0.39, 0.29) is 11.4 Å². The molecule has 0 spiro atoms. The summed E-state index contributed by atoms with van der Waals surface area (Å²) in [5, 5.41) is 0. The maximum atomic E-state index is 12.4. The third-order valence-electron chi connectivity index (χ3n) is 3.92. The zero-order valence-corrected chi connectivity index (χ0v) is 12.7. The van der Waals surface area contributed by atoms with Crippen LogP contribution in [0.3, 0.4) is 0 Å². The summed E-state index contributed by atoms with van der Waals surface area (Å²) < 4.78 is 0. The number of nitrogens with zero attached hydrogens (tertiary/aromatic N) is 1. The molecule has 2 aliphatic rings. The zero-order chi connectivity index (χ0) is 12.2. The van der Waals surface area contributed by atoms with Crippen LogP contribution >= 0.6 is 31.9 Å². The van der Waals surface area contributed by atoms with E-state index in [1.165, 1.54) is 5.56 Å². The second kappa shape index (κ2) is 3.82. The van der Waals surface area contributed by atoms with Gasteiger partial charge in [0.05, 0.1) is 5.54 Å². The number of fused-ring (bicyclic) bond motifs is 3. The lowest BCUT2D eigenvalue weighted by atomic mass is 9.84. The normalized spacial score (nSPS) is 35.7. The van der Waals surface area contributed by atoms with Crippen molar-refractivity contribution in [1.82, 2.24) is 4.90 Å². The minimum atomic E-state index is -0.147. The number of halogens is 2. The molecule has 1 saturated heterocycles. The molecule has 2 heterocycles. The predicted molar refractivity (Wildman–Crippen MR) is 74.9 cm³/mol. The molecule has 0 aliphatic carbocycles. The highest BCUT2D eigenvalue weighted by atomic mass is 79.9. The van der Waals surface area contributed by atoms with Crippen LogP contribution in [0.4, 0.5) is 0 Å². The van der Waals surface area contributed by atoms with Crippen molar-refractivity contribution < 1.29 is 4.79 Å². The van der Waals surface area contributed by atoms with E-state index in [4.69, 9.17) is 0 Å². The zero-order valence-electron chi connectivity index (χ0n) is 9.49. The van der Waals surface area contributed by atoms with Crippen molar-refractivity contribution in [3.63, 3.8) is 0 Å². The number of rotatable bonds is 0. The largest absolute Gasteiger partial charge is 0.328 e. The van der Waals surface area contributed by atoms with Crippen molar-refractivity contribution in [3.05, 3.63) is 35.4 Å². The van der Waals surface area contributed by atoms with E-state index >= 15 is 0 Å². The molecule has 90 valence electrons. The number of hydrogen-bond donors (Lipinski definition) is 0. The summed E-state index contributed by atoms with van der Waals surface area (Å²) in [6, 6.07) is 7.98. The third-order valence-corrected chi connectivity index (χ3v) is 6.52. The molecule has 17 heavy (non-hydrogen) atoms. The summed E-state index contributed by atoms with van der Waals surface area (Å²) in [6.45, 7) is 2.93. The fourth-order valence-electron chi connectivity index (χ4n) is 2.96. The van der Waals surface area contributed by atoms with Gasteiger partial charge in [-0.2, -0.15) is 0 Å². The fraction of sp³-hybridized carbons (Fsp3) is 0.462. The molecule has 0 bridgehead atoms. The van der Waals surface area contributed by atoms with E-state index in [9.17, 15) is 4.79 Å². The van der Waals surface area contributed by atoms with Crippen LogP contribution in [-0.4, -0.2) is 27.0 Å². The molecular formula is C13H13Br2NO. The van der Waals surface area contributed by atoms with E-state index in [2.05, 4.69) is 44.8 Å². The van der Waals surface area contributed by atoms with Gasteiger partial charge < -0.3 is 4.90 Å². The van der Waals surface area contributed by atoms with Crippen molar-refractivity contribution >= 4 is 37.8 Å². The molecule has 4 heteroatoms. The molecule has 3 unspecified atom stereocenters. The number of piperidine rings is 1. The Hall–Kier alpha value is -0.350. The summed E-state index contributed by atoms with van der Waals surface area (Å²) in [4.78, 5) is 15.1. The van der Waals surface area contributed by atoms with Crippen LogP contribution in [0.1, 0.15) is 29.3 Å². The van der Waals surface area contributed by atoms with E-state index in [0.717, 1.165) is 18.5 Å². The van der Waals surface area contributed by atoms with Gasteiger partial charge in [0, 0.05) is 21.8 Å². The van der Waals surface area contributed by atoms with Crippen molar-refractivity contribution in [1.29, 1.82) is 0 Å². The molecule has 2 nitrogen and oxygen atoms in total. The summed E-state index contributed by atoms with van der Waals surface area (Å²) in [5.41, 5.74) is 1.90. The van der Waals surface area contributed by atoms with Crippen LogP contribution in [0.25, 0.3) is 0 Å². The summed E-state index contributed by atoms with van der Waals surface area (Å²) in [7, 11) is 0. The molecule has 2 aliphatic heterocycles. The molecule has 0 aromatic heterocycles. The van der Waals surface area contributed by atoms with Gasteiger partial charge in [-0.1, -0.05) is 50.1 Å². The summed E-state index contributed by atoms with van der Waals surface area (Å²) in [6.07, 6.45) is 0.950. The highest BCUT2D eigenvalue weighted by Crippen LogP contribution is 2.47. The minimum Gasteiger partial charge on any atom is -0.328 e. The number of alkyl halides is 2. The summed E-state index contributed by atoms with van der Waals surface area (Å²) >= 11 is 7.36. The lowest BCUT2D eigenvalue weighted by molar-refractivity contribution is 0.0493. The number of carbonyl (C=O) groups excluding carboxylic acids is 1. The quantitative estimate of drug-likeness (QED) is 0.651. The smallest absolute Gasteiger partial charge is 0.254 e. The van der Waals surface area contributed by atoms with Crippen LogP contribution in [0.2, 0.25) is 0 Å². The molecule has 0 radical (unpaired) electrons. The molecule has 1 aromatic carbocycles. The van der Waals surface area contributed by atoms with Gasteiger partial charge in [0.2, 0.25) is 0 Å². The highest BCUT2D eigenvalue weighted by molar-refractivity contribution is 9.12. The van der Waals surface area contributed by atoms with Gasteiger partial charge in [-0.3, -0.25) is 4.79 Å². The Morgan fingerprint density at radius 3 is 2.76 bits per heavy atom. The minimum absolute atomic E-state index is 0.147. The standard InChI is InChI=1S/C13H13Br2NO/c1-13-6-10(14)11(15)7-16(13)12(17)8-4-2-3-5-9(8)13/h2-5,10-11H,6-7H2,1H3. The Labute approximate surface area is 118 Å². The lowest BCUT2D eigenvalue weighted by Crippen LogP contribution is -2.52. The SMILES string of the molecule is CC12CC(Br)C(Br)CN1C(=O)c1ccccc12. The van der Waals surface area contributed by atoms with Crippen LogP contribution in [-0.2, 0) is 5.54 Å². The number of hydrogen-bond acceptors (Lipinski definition) is 1. The second-order valence-electron chi connectivity index (χ2n) is 4.97. The molecule has 3 atom stereocenters. The van der Waals surface area contributed by atoms with Gasteiger partial charge in [-0.15, -0.1) is 0 Å². The predicted octanol–water partition coefficient (Wildman–Crippen LogP) is 3.29. The topological polar surface area (TPSA) is 20.3 Å². The van der Waals surface area contributed by atoms with Crippen LogP contribution in [0.15, 0.2) is 24.3 Å². The lowest BCUT2D eigenvalue weighted by Gasteiger charge is -2.44. The Morgan fingerprint density at radius 1 is 1.29 bits per heavy atom. The summed E-state index contributed by atoms with van der Waals surface area (Å²) in [5.74, 6) is 0.173. The Morgan fingerprint density at radius 2 is 2.00 bits per heavy atom. The third kappa shape index (κ3) is 1.53. The molecule has 1 fully saturated rings. The molecule has 3 rings (SSSR count). The number of carbonyl (C=O) groups is 1. The molecule has 0 saturated carbocycles.